The Balaban J connectivity index is 0.930. The van der Waals surface area contributed by atoms with Crippen molar-refractivity contribution in [2.24, 2.45) is 16.2 Å². The number of rotatable bonds is 18. The van der Waals surface area contributed by atoms with Crippen molar-refractivity contribution in [1.82, 2.24) is 25.8 Å². The topological polar surface area (TPSA) is 233 Å². The molecule has 6 N–H and O–H groups in total. The van der Waals surface area contributed by atoms with Crippen LogP contribution in [-0.2, 0) is 25.7 Å². The fourth-order valence-electron chi connectivity index (χ4n) is 9.17. The zero-order valence-electron chi connectivity index (χ0n) is 39.5. The summed E-state index contributed by atoms with van der Waals surface area (Å²) >= 11 is 7.77. The maximum atomic E-state index is 14.0. The van der Waals surface area contributed by atoms with Gasteiger partial charge in [-0.2, -0.15) is 5.26 Å². The van der Waals surface area contributed by atoms with Crippen molar-refractivity contribution < 1.29 is 48.7 Å². The monoisotopic (exact) mass is 972 g/mol. The van der Waals surface area contributed by atoms with Crippen LogP contribution in [0.5, 0.6) is 11.5 Å². The van der Waals surface area contributed by atoms with Gasteiger partial charge in [-0.1, -0.05) is 84.3 Å². The molecule has 4 amide bonds. The first-order valence-corrected chi connectivity index (χ1v) is 23.7. The van der Waals surface area contributed by atoms with Crippen molar-refractivity contribution in [3.8, 4) is 28.0 Å². The molecule has 6 rings (SSSR count). The van der Waals surface area contributed by atoms with Gasteiger partial charge >= 0.3 is 0 Å². The Morgan fingerprint density at radius 2 is 1.62 bits per heavy atom. The number of thiazole rings is 1. The first kappa shape index (κ1) is 51.8. The number of ether oxygens (including phenoxy) is 3. The van der Waals surface area contributed by atoms with Crippen LogP contribution in [0.15, 0.2) is 72.2 Å². The van der Waals surface area contributed by atoms with E-state index in [1.807, 2.05) is 65.0 Å². The number of aryl methyl sites for hydroxylation is 1. The second-order valence-electron chi connectivity index (χ2n) is 19.7. The number of aliphatic hydroxyl groups is 3. The summed E-state index contributed by atoms with van der Waals surface area (Å²) in [6.45, 7) is 14.1. The van der Waals surface area contributed by atoms with Crippen LogP contribution in [0.1, 0.15) is 82.1 Å². The average Bonchev–Trinajstić information content (AvgIpc) is 3.91. The van der Waals surface area contributed by atoms with Gasteiger partial charge in [-0.15, -0.1) is 11.3 Å². The number of carbonyl (C=O) groups excluding carboxylic acids is 4. The number of hydrogen-bond donors (Lipinski definition) is 6. The summed E-state index contributed by atoms with van der Waals surface area (Å²) < 4.78 is 17.4. The molecule has 18 heteroatoms. The van der Waals surface area contributed by atoms with Crippen LogP contribution in [0.25, 0.3) is 10.4 Å². The van der Waals surface area contributed by atoms with Gasteiger partial charge in [0.2, 0.25) is 17.7 Å². The number of benzene rings is 3. The van der Waals surface area contributed by atoms with Crippen LogP contribution in [0.4, 0.5) is 0 Å². The maximum Gasteiger partial charge on any atom is 0.251 e. The van der Waals surface area contributed by atoms with Crippen molar-refractivity contribution in [2.75, 3.05) is 26.4 Å². The second-order valence-corrected chi connectivity index (χ2v) is 21.0. The fourth-order valence-corrected chi connectivity index (χ4v) is 10.2. The number of halogens is 1. The molecule has 1 saturated heterocycles. The largest absolute Gasteiger partial charge is 0.491 e. The first-order valence-electron chi connectivity index (χ1n) is 22.4. The van der Waals surface area contributed by atoms with Crippen molar-refractivity contribution in [2.45, 2.75) is 111 Å². The number of β-amino-alcohol motifs (C(OH)–C–C–N with tert-alkyl or cyclic N) is 1. The molecule has 364 valence electrons. The zero-order valence-corrected chi connectivity index (χ0v) is 41.1. The number of amides is 4. The summed E-state index contributed by atoms with van der Waals surface area (Å²) in [6, 6.07) is 18.7. The number of carbonyl (C=O) groups is 4. The third-order valence-electron chi connectivity index (χ3n) is 12.6. The number of hydrogen-bond acceptors (Lipinski definition) is 13. The van der Waals surface area contributed by atoms with Crippen LogP contribution in [0, 0.1) is 34.5 Å². The van der Waals surface area contributed by atoms with Crippen LogP contribution in [-0.4, -0.2) is 118 Å². The maximum absolute atomic E-state index is 14.0. The van der Waals surface area contributed by atoms with Gasteiger partial charge in [-0.05, 0) is 59.9 Å². The van der Waals surface area contributed by atoms with Gasteiger partial charge in [0, 0.05) is 48.0 Å². The highest BCUT2D eigenvalue weighted by molar-refractivity contribution is 7.13. The van der Waals surface area contributed by atoms with Crippen molar-refractivity contribution >= 4 is 46.6 Å². The SMILES string of the molecule is Cc1ncsc1-c1ccc(CNC(=O)[C@@H]2C[C@@H](O)CN2C(=O)[C@@H](NC(=O)COC[C@H](O)[C@@H](O)COc2ccc(C(=O)NC3C(C)(C)C(Oc4ccc(C#N)c(Cl)c4)C3(C)C)cc2)C(C)(C)C)cc1. The lowest BCUT2D eigenvalue weighted by Crippen LogP contribution is -2.74. The summed E-state index contributed by atoms with van der Waals surface area (Å²) in [5, 5.41) is 50.0. The molecule has 16 nitrogen and oxygen atoms in total. The molecule has 2 fully saturated rings. The molecule has 1 aliphatic carbocycles. The minimum absolute atomic E-state index is 0.0391. The normalized spacial score (nSPS) is 20.8. The molecule has 4 aromatic rings. The Hall–Kier alpha value is -5.61. The third kappa shape index (κ3) is 12.0. The van der Waals surface area contributed by atoms with Gasteiger partial charge in [0.1, 0.15) is 61.2 Å². The van der Waals surface area contributed by atoms with Gasteiger partial charge in [0.15, 0.2) is 0 Å². The number of nitrogens with one attached hydrogen (secondary N) is 3. The van der Waals surface area contributed by atoms with Crippen molar-refractivity contribution in [1.29, 1.82) is 5.26 Å². The highest BCUT2D eigenvalue weighted by Crippen LogP contribution is 2.55. The molecule has 0 radical (unpaired) electrons. The summed E-state index contributed by atoms with van der Waals surface area (Å²) in [5.41, 5.74) is 3.64. The van der Waals surface area contributed by atoms with Gasteiger partial charge < -0.3 is 50.4 Å². The molecule has 3 aromatic carbocycles. The third-order valence-corrected chi connectivity index (χ3v) is 13.9. The van der Waals surface area contributed by atoms with Crippen LogP contribution in [0.3, 0.4) is 0 Å². The summed E-state index contributed by atoms with van der Waals surface area (Å²) in [4.78, 5) is 60.6. The van der Waals surface area contributed by atoms with Crippen LogP contribution >= 0.6 is 22.9 Å². The molecule has 68 heavy (non-hydrogen) atoms. The van der Waals surface area contributed by atoms with E-state index in [0.717, 1.165) is 21.7 Å². The van der Waals surface area contributed by atoms with E-state index in [1.165, 1.54) is 4.90 Å². The van der Waals surface area contributed by atoms with E-state index in [2.05, 4.69) is 20.9 Å². The molecule has 1 aromatic heterocycles. The van der Waals surface area contributed by atoms with Crippen molar-refractivity contribution in [3.05, 3.63) is 99.6 Å². The predicted molar refractivity (Wildman–Crippen MR) is 256 cm³/mol. The van der Waals surface area contributed by atoms with E-state index in [0.29, 0.717) is 27.6 Å². The molecular formula is C50H61ClN6O10S. The molecule has 0 bridgehead atoms. The number of aromatic nitrogens is 1. The Kier molecular flexibility index (Phi) is 16.3. The molecule has 1 aliphatic heterocycles. The highest BCUT2D eigenvalue weighted by Gasteiger charge is 2.64. The standard InChI is InChI=1S/C50H61ClN6O10S/c1-28-41(68-27-54-28)30-11-9-29(10-12-30)22-53-44(63)37-19-33(58)23-57(37)45(64)42(48(2,3)4)55-40(61)26-65-24-38(59)39(60)25-66-34-16-13-31(14-17-34)43(62)56-46-49(5,6)47(50(46,7)8)67-35-18-15-32(21-52)36(51)20-35/h9-18,20,27,33,37-39,42,46-47,58-60H,19,22-26H2,1-8H3,(H,53,63)(H,55,61)(H,56,62)/t33-,37+,38+,39+,42-,46?,47?/m1/s1. The summed E-state index contributed by atoms with van der Waals surface area (Å²) in [7, 11) is 0. The van der Waals surface area contributed by atoms with Crippen LogP contribution < -0.4 is 25.4 Å². The Morgan fingerprint density at radius 1 is 0.971 bits per heavy atom. The molecule has 5 atom stereocenters. The number of nitriles is 1. The van der Waals surface area contributed by atoms with Crippen LogP contribution in [0.2, 0.25) is 5.02 Å². The van der Waals surface area contributed by atoms with E-state index < -0.39 is 77.6 Å². The minimum atomic E-state index is -1.44. The Labute approximate surface area is 406 Å². The van der Waals surface area contributed by atoms with E-state index in [4.69, 9.17) is 25.8 Å². The quantitative estimate of drug-likeness (QED) is 0.0758. The Bertz CT molecular complexity index is 2470. The first-order chi connectivity index (χ1) is 32.0. The zero-order chi connectivity index (χ0) is 49.7. The van der Waals surface area contributed by atoms with Gasteiger partial charge in [-0.3, -0.25) is 19.2 Å². The molecule has 1 saturated carbocycles. The van der Waals surface area contributed by atoms with E-state index in [-0.39, 0.29) is 44.2 Å². The second kappa shape index (κ2) is 21.4. The lowest BCUT2D eigenvalue weighted by atomic mass is 9.49. The van der Waals surface area contributed by atoms with Gasteiger partial charge in [0.05, 0.1) is 39.4 Å². The highest BCUT2D eigenvalue weighted by atomic mass is 35.5. The lowest BCUT2D eigenvalue weighted by Gasteiger charge is -2.63. The van der Waals surface area contributed by atoms with E-state index in [1.54, 1.807) is 80.1 Å². The molecule has 0 unspecified atom stereocenters. The summed E-state index contributed by atoms with van der Waals surface area (Å²) in [6.07, 6.45) is -4.00. The number of likely N-dealkylation sites (tertiary alicyclic amines) is 1. The predicted octanol–water partition coefficient (Wildman–Crippen LogP) is 5.18. The molecule has 2 aliphatic rings. The smallest absolute Gasteiger partial charge is 0.251 e. The van der Waals surface area contributed by atoms with E-state index >= 15 is 0 Å². The molecular weight excluding hydrogens is 912 g/mol. The minimum Gasteiger partial charge on any atom is -0.491 e. The lowest BCUT2D eigenvalue weighted by molar-refractivity contribution is -0.164. The Morgan fingerprint density at radius 3 is 2.22 bits per heavy atom. The summed E-state index contributed by atoms with van der Waals surface area (Å²) in [5.74, 6) is -1.05. The van der Waals surface area contributed by atoms with Gasteiger partial charge in [-0.25, -0.2) is 4.98 Å². The fraction of sp³-hybridized carbons (Fsp3) is 0.480. The van der Waals surface area contributed by atoms with Crippen molar-refractivity contribution in [3.63, 3.8) is 0 Å². The molecule has 2 heterocycles. The molecule has 0 spiro atoms. The van der Waals surface area contributed by atoms with Gasteiger partial charge in [0.25, 0.3) is 5.91 Å². The number of aliphatic hydroxyl groups excluding tert-OH is 3. The van der Waals surface area contributed by atoms with E-state index in [9.17, 15) is 39.8 Å². The average molecular weight is 974 g/mol. The number of nitrogens with zero attached hydrogens (tertiary/aromatic N) is 3.